The molecule has 0 saturated carbocycles. The average Bonchev–Trinajstić information content (AvgIpc) is 2.05. The highest BCUT2D eigenvalue weighted by molar-refractivity contribution is 9.10. The molecule has 0 radical (unpaired) electrons. The first-order chi connectivity index (χ1) is 6.88. The third-order valence-electron chi connectivity index (χ3n) is 1.72. The van der Waals surface area contributed by atoms with Crippen LogP contribution < -0.4 is 5.32 Å². The number of nitrogens with zero attached hydrogens (tertiary/aromatic N) is 1. The Labute approximate surface area is 98.4 Å². The van der Waals surface area contributed by atoms with E-state index in [1.807, 2.05) is 26.8 Å². The first-order valence-corrected chi connectivity index (χ1v) is 5.58. The highest BCUT2D eigenvalue weighted by Gasteiger charge is 2.16. The van der Waals surface area contributed by atoms with Crippen LogP contribution in [-0.2, 0) is 4.79 Å². The summed E-state index contributed by atoms with van der Waals surface area (Å²) >= 11 is 3.28. The van der Waals surface area contributed by atoms with E-state index < -0.39 is 0 Å². The number of hydrogen-bond donors (Lipinski definition) is 1. The highest BCUT2D eigenvalue weighted by Crippen LogP contribution is 2.22. The average molecular weight is 271 g/mol. The molecule has 82 valence electrons. The molecule has 0 aliphatic carbocycles. The second kappa shape index (κ2) is 4.75. The molecular formula is C11H15BrN2O. The second-order valence-corrected chi connectivity index (χ2v) is 5.38. The third kappa shape index (κ3) is 4.42. The van der Waals surface area contributed by atoms with E-state index in [2.05, 4.69) is 26.2 Å². The van der Waals surface area contributed by atoms with Crippen LogP contribution in [0.3, 0.4) is 0 Å². The summed E-state index contributed by atoms with van der Waals surface area (Å²) in [5.41, 5.74) is 0.713. The van der Waals surface area contributed by atoms with Crippen molar-refractivity contribution in [3.63, 3.8) is 0 Å². The maximum atomic E-state index is 11.6. The van der Waals surface area contributed by atoms with Gasteiger partial charge in [0.2, 0.25) is 5.91 Å². The van der Waals surface area contributed by atoms with Crippen molar-refractivity contribution in [1.29, 1.82) is 0 Å². The first-order valence-electron chi connectivity index (χ1n) is 4.79. The molecular weight excluding hydrogens is 256 g/mol. The van der Waals surface area contributed by atoms with Gasteiger partial charge in [-0.2, -0.15) is 0 Å². The Balaban J connectivity index is 2.64. The van der Waals surface area contributed by atoms with Crippen LogP contribution in [0, 0.1) is 5.41 Å². The fraction of sp³-hybridized carbons (Fsp3) is 0.455. The van der Waals surface area contributed by atoms with Crippen molar-refractivity contribution in [1.82, 2.24) is 4.98 Å². The van der Waals surface area contributed by atoms with Crippen LogP contribution in [0.15, 0.2) is 22.9 Å². The fourth-order valence-corrected chi connectivity index (χ4v) is 1.50. The van der Waals surface area contributed by atoms with Crippen molar-refractivity contribution in [2.45, 2.75) is 27.2 Å². The summed E-state index contributed by atoms with van der Waals surface area (Å²) in [6.07, 6.45) is 2.16. The topological polar surface area (TPSA) is 42.0 Å². The van der Waals surface area contributed by atoms with Crippen LogP contribution in [0.1, 0.15) is 27.2 Å². The number of hydrogen-bond acceptors (Lipinski definition) is 2. The molecule has 0 atom stereocenters. The Morgan fingerprint density at radius 2 is 2.20 bits per heavy atom. The van der Waals surface area contributed by atoms with E-state index in [0.717, 1.165) is 0 Å². The molecule has 0 fully saturated rings. The van der Waals surface area contributed by atoms with Gasteiger partial charge in [-0.05, 0) is 33.5 Å². The lowest BCUT2D eigenvalue weighted by atomic mass is 9.92. The number of nitrogens with one attached hydrogen (secondary N) is 1. The van der Waals surface area contributed by atoms with E-state index in [1.54, 1.807) is 12.3 Å². The van der Waals surface area contributed by atoms with E-state index in [4.69, 9.17) is 0 Å². The molecule has 15 heavy (non-hydrogen) atoms. The lowest BCUT2D eigenvalue weighted by molar-refractivity contribution is -0.117. The normalized spacial score (nSPS) is 11.2. The zero-order valence-corrected chi connectivity index (χ0v) is 10.8. The van der Waals surface area contributed by atoms with Gasteiger partial charge in [-0.15, -0.1) is 0 Å². The standard InChI is InChI=1S/C11H15BrN2O/c1-11(2,3)7-9(15)14-8-5-4-6-13-10(8)12/h4-6H,7H2,1-3H3,(H,14,15). The van der Waals surface area contributed by atoms with E-state index >= 15 is 0 Å². The SMILES string of the molecule is CC(C)(C)CC(=O)Nc1cccnc1Br. The molecule has 0 aromatic carbocycles. The molecule has 1 aromatic rings. The molecule has 1 rings (SSSR count). The van der Waals surface area contributed by atoms with Crippen LogP contribution in [-0.4, -0.2) is 10.9 Å². The van der Waals surface area contributed by atoms with Crippen molar-refractivity contribution in [2.75, 3.05) is 5.32 Å². The number of pyridine rings is 1. The number of carbonyl (C=O) groups is 1. The van der Waals surface area contributed by atoms with Gasteiger partial charge in [0.1, 0.15) is 4.60 Å². The van der Waals surface area contributed by atoms with E-state index in [0.29, 0.717) is 16.7 Å². The summed E-state index contributed by atoms with van der Waals surface area (Å²) in [6.45, 7) is 6.10. The van der Waals surface area contributed by atoms with Crippen LogP contribution in [0.2, 0.25) is 0 Å². The van der Waals surface area contributed by atoms with Gasteiger partial charge in [-0.3, -0.25) is 4.79 Å². The van der Waals surface area contributed by atoms with Gasteiger partial charge in [0, 0.05) is 12.6 Å². The number of anilines is 1. The van der Waals surface area contributed by atoms with Gasteiger partial charge in [0.15, 0.2) is 0 Å². The van der Waals surface area contributed by atoms with E-state index in [-0.39, 0.29) is 11.3 Å². The largest absolute Gasteiger partial charge is 0.324 e. The molecule has 0 bridgehead atoms. The van der Waals surface area contributed by atoms with Gasteiger partial charge in [-0.1, -0.05) is 20.8 Å². The predicted molar refractivity (Wildman–Crippen MR) is 64.6 cm³/mol. The van der Waals surface area contributed by atoms with Crippen LogP contribution >= 0.6 is 15.9 Å². The minimum absolute atomic E-state index is 0.00122. The summed E-state index contributed by atoms with van der Waals surface area (Å²) in [4.78, 5) is 15.7. The number of halogens is 1. The predicted octanol–water partition coefficient (Wildman–Crippen LogP) is 3.22. The van der Waals surface area contributed by atoms with Gasteiger partial charge in [0.25, 0.3) is 0 Å². The van der Waals surface area contributed by atoms with Gasteiger partial charge >= 0.3 is 0 Å². The van der Waals surface area contributed by atoms with Gasteiger partial charge in [0.05, 0.1) is 5.69 Å². The molecule has 1 aromatic heterocycles. The highest BCUT2D eigenvalue weighted by atomic mass is 79.9. The second-order valence-electron chi connectivity index (χ2n) is 4.63. The number of carbonyl (C=O) groups excluding carboxylic acids is 1. The fourth-order valence-electron chi connectivity index (χ4n) is 1.16. The molecule has 0 aliphatic rings. The van der Waals surface area contributed by atoms with Crippen LogP contribution in [0.25, 0.3) is 0 Å². The number of amides is 1. The molecule has 0 spiro atoms. The first kappa shape index (κ1) is 12.2. The summed E-state index contributed by atoms with van der Waals surface area (Å²) in [6, 6.07) is 3.61. The van der Waals surface area contributed by atoms with Crippen molar-refractivity contribution in [2.24, 2.45) is 5.41 Å². The van der Waals surface area contributed by atoms with Gasteiger partial charge in [-0.25, -0.2) is 4.98 Å². The zero-order valence-electron chi connectivity index (χ0n) is 9.17. The number of aromatic nitrogens is 1. The van der Waals surface area contributed by atoms with Crippen molar-refractivity contribution in [3.8, 4) is 0 Å². The minimum Gasteiger partial charge on any atom is -0.324 e. The van der Waals surface area contributed by atoms with E-state index in [9.17, 15) is 4.79 Å². The molecule has 1 N–H and O–H groups in total. The summed E-state index contributed by atoms with van der Waals surface area (Å²) in [5.74, 6) is 0.0104. The molecule has 1 amide bonds. The van der Waals surface area contributed by atoms with Crippen molar-refractivity contribution >= 4 is 27.5 Å². The Bertz CT molecular complexity index is 358. The molecule has 0 saturated heterocycles. The maximum absolute atomic E-state index is 11.6. The Morgan fingerprint density at radius 1 is 1.53 bits per heavy atom. The summed E-state index contributed by atoms with van der Waals surface area (Å²) in [5, 5.41) is 2.82. The lowest BCUT2D eigenvalue weighted by Gasteiger charge is -2.17. The monoisotopic (exact) mass is 270 g/mol. The molecule has 0 aliphatic heterocycles. The van der Waals surface area contributed by atoms with E-state index in [1.165, 1.54) is 0 Å². The number of rotatable bonds is 2. The molecule has 1 heterocycles. The minimum atomic E-state index is -0.00122. The molecule has 3 nitrogen and oxygen atoms in total. The lowest BCUT2D eigenvalue weighted by Crippen LogP contribution is -2.19. The van der Waals surface area contributed by atoms with Gasteiger partial charge < -0.3 is 5.32 Å². The smallest absolute Gasteiger partial charge is 0.224 e. The maximum Gasteiger partial charge on any atom is 0.224 e. The molecule has 0 unspecified atom stereocenters. The zero-order chi connectivity index (χ0) is 11.5. The Morgan fingerprint density at radius 3 is 2.73 bits per heavy atom. The Hall–Kier alpha value is -0.900. The van der Waals surface area contributed by atoms with Crippen molar-refractivity contribution < 1.29 is 4.79 Å². The van der Waals surface area contributed by atoms with Crippen molar-refractivity contribution in [3.05, 3.63) is 22.9 Å². The van der Waals surface area contributed by atoms with Crippen LogP contribution in [0.5, 0.6) is 0 Å². The summed E-state index contributed by atoms with van der Waals surface area (Å²) < 4.78 is 0.659. The van der Waals surface area contributed by atoms with Crippen LogP contribution in [0.4, 0.5) is 5.69 Å². The summed E-state index contributed by atoms with van der Waals surface area (Å²) in [7, 11) is 0. The quantitative estimate of drug-likeness (QED) is 0.839. The Kier molecular flexibility index (Phi) is 3.85. The third-order valence-corrected chi connectivity index (χ3v) is 2.36. The molecule has 4 heteroatoms.